The Labute approximate surface area is 90.0 Å². The molecule has 1 saturated heterocycles. The molecule has 0 spiro atoms. The highest BCUT2D eigenvalue weighted by atomic mass is 16.7. The lowest BCUT2D eigenvalue weighted by atomic mass is 10.2. The molecule has 0 radical (unpaired) electrons. The van der Waals surface area contributed by atoms with Gasteiger partial charge in [-0.05, 0) is 26.0 Å². The molecular formula is C12H16O3. The van der Waals surface area contributed by atoms with Gasteiger partial charge < -0.3 is 14.2 Å². The summed E-state index contributed by atoms with van der Waals surface area (Å²) in [5, 5.41) is 0. The van der Waals surface area contributed by atoms with Crippen molar-refractivity contribution in [2.45, 2.75) is 26.2 Å². The Morgan fingerprint density at radius 3 is 2.67 bits per heavy atom. The maximum atomic E-state index is 5.60. The van der Waals surface area contributed by atoms with Crippen LogP contribution in [0.25, 0.3) is 0 Å². The SMILES string of the molecule is CC(C)Oc1cccc(C2OCCO2)c1. The van der Waals surface area contributed by atoms with Gasteiger partial charge in [0.25, 0.3) is 0 Å². The topological polar surface area (TPSA) is 27.7 Å². The molecule has 0 aliphatic carbocycles. The lowest BCUT2D eigenvalue weighted by molar-refractivity contribution is -0.0442. The van der Waals surface area contributed by atoms with Crippen LogP contribution in [0, 0.1) is 0 Å². The average Bonchev–Trinajstić information content (AvgIpc) is 2.69. The van der Waals surface area contributed by atoms with Crippen molar-refractivity contribution in [3.05, 3.63) is 29.8 Å². The summed E-state index contributed by atoms with van der Waals surface area (Å²) < 4.78 is 16.4. The molecule has 1 aromatic rings. The molecule has 0 unspecified atom stereocenters. The molecule has 0 atom stereocenters. The Kier molecular flexibility index (Phi) is 3.23. The van der Waals surface area contributed by atoms with E-state index in [1.165, 1.54) is 0 Å². The number of ether oxygens (including phenoxy) is 3. The van der Waals surface area contributed by atoms with Crippen molar-refractivity contribution < 1.29 is 14.2 Å². The molecule has 3 nitrogen and oxygen atoms in total. The van der Waals surface area contributed by atoms with Crippen LogP contribution in [0.1, 0.15) is 25.7 Å². The van der Waals surface area contributed by atoms with Crippen molar-refractivity contribution in [1.82, 2.24) is 0 Å². The van der Waals surface area contributed by atoms with Crippen LogP contribution in [0.15, 0.2) is 24.3 Å². The molecule has 0 aromatic heterocycles. The predicted molar refractivity (Wildman–Crippen MR) is 56.9 cm³/mol. The number of hydrogen-bond donors (Lipinski definition) is 0. The van der Waals surface area contributed by atoms with Crippen LogP contribution in [0.2, 0.25) is 0 Å². The highest BCUT2D eigenvalue weighted by Crippen LogP contribution is 2.26. The largest absolute Gasteiger partial charge is 0.491 e. The molecule has 0 saturated carbocycles. The standard InChI is InChI=1S/C12H16O3/c1-9(2)15-11-5-3-4-10(8-11)12-13-6-7-14-12/h3-5,8-9,12H,6-7H2,1-2H3. The first kappa shape index (κ1) is 10.5. The summed E-state index contributed by atoms with van der Waals surface area (Å²) in [5.41, 5.74) is 1.02. The zero-order valence-electron chi connectivity index (χ0n) is 9.10. The fourth-order valence-corrected chi connectivity index (χ4v) is 1.56. The molecule has 1 fully saturated rings. The second kappa shape index (κ2) is 4.64. The summed E-state index contributed by atoms with van der Waals surface area (Å²) >= 11 is 0. The summed E-state index contributed by atoms with van der Waals surface area (Å²) in [6, 6.07) is 7.86. The normalized spacial score (nSPS) is 17.3. The molecule has 1 aromatic carbocycles. The van der Waals surface area contributed by atoms with Gasteiger partial charge in [0.1, 0.15) is 5.75 Å². The summed E-state index contributed by atoms with van der Waals surface area (Å²) in [6.07, 6.45) is -0.0358. The van der Waals surface area contributed by atoms with Crippen molar-refractivity contribution >= 4 is 0 Å². The first-order chi connectivity index (χ1) is 7.25. The Bertz CT molecular complexity index is 316. The average molecular weight is 208 g/mol. The van der Waals surface area contributed by atoms with Crippen LogP contribution in [0.3, 0.4) is 0 Å². The van der Waals surface area contributed by atoms with E-state index in [0.29, 0.717) is 13.2 Å². The van der Waals surface area contributed by atoms with Crippen molar-refractivity contribution in [3.63, 3.8) is 0 Å². The summed E-state index contributed by atoms with van der Waals surface area (Å²) in [5.74, 6) is 0.863. The maximum absolute atomic E-state index is 5.60. The molecule has 3 heteroatoms. The van der Waals surface area contributed by atoms with E-state index in [1.54, 1.807) is 0 Å². The fourth-order valence-electron chi connectivity index (χ4n) is 1.56. The minimum absolute atomic E-state index is 0.186. The minimum atomic E-state index is -0.222. The molecular weight excluding hydrogens is 192 g/mol. The van der Waals surface area contributed by atoms with E-state index in [0.717, 1.165) is 11.3 Å². The highest BCUT2D eigenvalue weighted by molar-refractivity contribution is 5.29. The zero-order chi connectivity index (χ0) is 10.7. The third kappa shape index (κ3) is 2.70. The van der Waals surface area contributed by atoms with Gasteiger partial charge in [0.05, 0.1) is 19.3 Å². The molecule has 82 valence electrons. The third-order valence-electron chi connectivity index (χ3n) is 2.12. The summed E-state index contributed by atoms with van der Waals surface area (Å²) in [4.78, 5) is 0. The fraction of sp³-hybridized carbons (Fsp3) is 0.500. The smallest absolute Gasteiger partial charge is 0.184 e. The van der Waals surface area contributed by atoms with Crippen LogP contribution in [-0.4, -0.2) is 19.3 Å². The van der Waals surface area contributed by atoms with E-state index in [1.807, 2.05) is 38.1 Å². The van der Waals surface area contributed by atoms with Gasteiger partial charge in [0, 0.05) is 5.56 Å². The van der Waals surface area contributed by atoms with Gasteiger partial charge in [0.15, 0.2) is 6.29 Å². The summed E-state index contributed by atoms with van der Waals surface area (Å²) in [6.45, 7) is 5.35. The van der Waals surface area contributed by atoms with Crippen LogP contribution >= 0.6 is 0 Å². The quantitative estimate of drug-likeness (QED) is 0.764. The molecule has 0 N–H and O–H groups in total. The Hall–Kier alpha value is -1.06. The third-order valence-corrected chi connectivity index (χ3v) is 2.12. The Morgan fingerprint density at radius 1 is 1.27 bits per heavy atom. The van der Waals surface area contributed by atoms with Gasteiger partial charge in [-0.15, -0.1) is 0 Å². The van der Waals surface area contributed by atoms with E-state index in [9.17, 15) is 0 Å². The van der Waals surface area contributed by atoms with Gasteiger partial charge in [-0.2, -0.15) is 0 Å². The lowest BCUT2D eigenvalue weighted by Crippen LogP contribution is -2.06. The summed E-state index contributed by atoms with van der Waals surface area (Å²) in [7, 11) is 0. The Balaban J connectivity index is 2.11. The molecule has 1 heterocycles. The van der Waals surface area contributed by atoms with Gasteiger partial charge in [0.2, 0.25) is 0 Å². The van der Waals surface area contributed by atoms with E-state index >= 15 is 0 Å². The predicted octanol–water partition coefficient (Wildman–Crippen LogP) is 2.52. The Morgan fingerprint density at radius 2 is 2.00 bits per heavy atom. The highest BCUT2D eigenvalue weighted by Gasteiger charge is 2.18. The number of benzene rings is 1. The molecule has 1 aliphatic heterocycles. The molecule has 15 heavy (non-hydrogen) atoms. The second-order valence-electron chi connectivity index (χ2n) is 3.81. The van der Waals surface area contributed by atoms with E-state index in [2.05, 4.69) is 0 Å². The van der Waals surface area contributed by atoms with Gasteiger partial charge in [-0.3, -0.25) is 0 Å². The van der Waals surface area contributed by atoms with Crippen molar-refractivity contribution in [1.29, 1.82) is 0 Å². The van der Waals surface area contributed by atoms with Crippen LogP contribution < -0.4 is 4.74 Å². The van der Waals surface area contributed by atoms with Crippen molar-refractivity contribution in [3.8, 4) is 5.75 Å². The second-order valence-corrected chi connectivity index (χ2v) is 3.81. The first-order valence-corrected chi connectivity index (χ1v) is 5.25. The lowest BCUT2D eigenvalue weighted by Gasteiger charge is -2.13. The number of rotatable bonds is 3. The first-order valence-electron chi connectivity index (χ1n) is 5.25. The number of hydrogen-bond acceptors (Lipinski definition) is 3. The molecule has 2 rings (SSSR count). The van der Waals surface area contributed by atoms with Gasteiger partial charge in [-0.1, -0.05) is 12.1 Å². The zero-order valence-corrected chi connectivity index (χ0v) is 9.10. The van der Waals surface area contributed by atoms with Crippen molar-refractivity contribution in [2.75, 3.05) is 13.2 Å². The van der Waals surface area contributed by atoms with Gasteiger partial charge in [-0.25, -0.2) is 0 Å². The van der Waals surface area contributed by atoms with Crippen LogP contribution in [0.5, 0.6) is 5.75 Å². The van der Waals surface area contributed by atoms with Crippen molar-refractivity contribution in [2.24, 2.45) is 0 Å². The van der Waals surface area contributed by atoms with Gasteiger partial charge >= 0.3 is 0 Å². The van der Waals surface area contributed by atoms with Crippen LogP contribution in [0.4, 0.5) is 0 Å². The van der Waals surface area contributed by atoms with E-state index in [-0.39, 0.29) is 12.4 Å². The molecule has 1 aliphatic rings. The molecule has 0 bridgehead atoms. The minimum Gasteiger partial charge on any atom is -0.491 e. The van der Waals surface area contributed by atoms with E-state index in [4.69, 9.17) is 14.2 Å². The monoisotopic (exact) mass is 208 g/mol. The van der Waals surface area contributed by atoms with Crippen LogP contribution in [-0.2, 0) is 9.47 Å². The molecule has 0 amide bonds. The van der Waals surface area contributed by atoms with E-state index < -0.39 is 0 Å². The maximum Gasteiger partial charge on any atom is 0.184 e.